The lowest BCUT2D eigenvalue weighted by molar-refractivity contribution is -0.121. The van der Waals surface area contributed by atoms with Crippen molar-refractivity contribution in [2.75, 3.05) is 30.3 Å². The fourth-order valence-electron chi connectivity index (χ4n) is 3.87. The third kappa shape index (κ3) is 5.55. The molecule has 1 aliphatic rings. The predicted molar refractivity (Wildman–Crippen MR) is 123 cm³/mol. The molecule has 6 nitrogen and oxygen atoms in total. The molecule has 0 atom stereocenters. The highest BCUT2D eigenvalue weighted by Gasteiger charge is 2.26. The van der Waals surface area contributed by atoms with Gasteiger partial charge in [-0.1, -0.05) is 54.6 Å². The molecule has 2 amide bonds. The summed E-state index contributed by atoms with van der Waals surface area (Å²) in [6.07, 6.45) is 3.12. The monoisotopic (exact) mass is 414 g/mol. The Morgan fingerprint density at radius 3 is 2.32 bits per heavy atom. The molecule has 6 heteroatoms. The number of aromatic nitrogens is 1. The van der Waals surface area contributed by atoms with Crippen molar-refractivity contribution >= 4 is 23.3 Å². The normalized spacial score (nSPS) is 14.7. The van der Waals surface area contributed by atoms with Gasteiger partial charge < -0.3 is 10.6 Å². The summed E-state index contributed by atoms with van der Waals surface area (Å²) in [7, 11) is 0. The van der Waals surface area contributed by atoms with Gasteiger partial charge in [0, 0.05) is 23.4 Å². The Bertz CT molecular complexity index is 1020. The summed E-state index contributed by atoms with van der Waals surface area (Å²) in [4.78, 5) is 31.4. The van der Waals surface area contributed by atoms with E-state index in [2.05, 4.69) is 20.5 Å². The van der Waals surface area contributed by atoms with Gasteiger partial charge in [-0.2, -0.15) is 0 Å². The van der Waals surface area contributed by atoms with Gasteiger partial charge in [-0.25, -0.2) is 4.98 Å². The third-order valence-electron chi connectivity index (χ3n) is 5.53. The number of hydrogen-bond donors (Lipinski definition) is 2. The van der Waals surface area contributed by atoms with Gasteiger partial charge in [-0.05, 0) is 49.7 Å². The molecule has 0 saturated carbocycles. The molecule has 0 bridgehead atoms. The maximum Gasteiger partial charge on any atom is 0.238 e. The zero-order valence-electron chi connectivity index (χ0n) is 17.3. The maximum atomic E-state index is 12.7. The molecule has 0 aliphatic carbocycles. The molecule has 0 radical (unpaired) electrons. The van der Waals surface area contributed by atoms with Gasteiger partial charge in [0.15, 0.2) is 0 Å². The topological polar surface area (TPSA) is 74.3 Å². The quantitative estimate of drug-likeness (QED) is 0.638. The number of piperidine rings is 1. The lowest BCUT2D eigenvalue weighted by atomic mass is 9.96. The summed E-state index contributed by atoms with van der Waals surface area (Å²) in [5, 5.41) is 5.93. The number of benzene rings is 2. The van der Waals surface area contributed by atoms with Crippen LogP contribution in [0.3, 0.4) is 0 Å². The summed E-state index contributed by atoms with van der Waals surface area (Å²) in [6.45, 7) is 1.75. The first kappa shape index (κ1) is 20.8. The minimum Gasteiger partial charge on any atom is -0.324 e. The number of pyridine rings is 1. The summed E-state index contributed by atoms with van der Waals surface area (Å²) in [5.74, 6) is 0.478. The fourth-order valence-corrected chi connectivity index (χ4v) is 3.87. The number of anilines is 2. The number of rotatable bonds is 6. The summed E-state index contributed by atoms with van der Waals surface area (Å²) >= 11 is 0. The van der Waals surface area contributed by atoms with Crippen molar-refractivity contribution in [1.29, 1.82) is 0 Å². The highest BCUT2D eigenvalue weighted by atomic mass is 16.2. The van der Waals surface area contributed by atoms with E-state index in [0.717, 1.165) is 29.7 Å². The van der Waals surface area contributed by atoms with Crippen LogP contribution in [0.15, 0.2) is 79.0 Å². The van der Waals surface area contributed by atoms with Crippen LogP contribution in [0.2, 0.25) is 0 Å². The first-order valence-electron chi connectivity index (χ1n) is 10.6. The number of carbonyl (C=O) groups is 2. The van der Waals surface area contributed by atoms with Crippen molar-refractivity contribution in [3.05, 3.63) is 79.0 Å². The van der Waals surface area contributed by atoms with Crippen LogP contribution in [-0.4, -0.2) is 41.3 Å². The van der Waals surface area contributed by atoms with Gasteiger partial charge >= 0.3 is 0 Å². The molecule has 2 aromatic carbocycles. The standard InChI is InChI=1S/C25H26N4O2/c30-24(27-22-11-5-4-10-21(22)19-8-2-1-3-9-19)18-29-16-13-20(14-17-29)25(31)28-23-12-6-7-15-26-23/h1-12,15,20H,13-14,16-18H2,(H,27,30)(H,26,28,31). The molecule has 31 heavy (non-hydrogen) atoms. The van der Waals surface area contributed by atoms with Crippen molar-refractivity contribution in [2.45, 2.75) is 12.8 Å². The smallest absolute Gasteiger partial charge is 0.238 e. The Labute approximate surface area is 182 Å². The van der Waals surface area contributed by atoms with Gasteiger partial charge in [-0.3, -0.25) is 14.5 Å². The van der Waals surface area contributed by atoms with Crippen LogP contribution in [0.5, 0.6) is 0 Å². The number of hydrogen-bond acceptors (Lipinski definition) is 4. The van der Waals surface area contributed by atoms with Gasteiger partial charge in [0.05, 0.1) is 6.54 Å². The van der Waals surface area contributed by atoms with E-state index in [-0.39, 0.29) is 17.7 Å². The SMILES string of the molecule is O=C(CN1CCC(C(=O)Nc2ccccn2)CC1)Nc1ccccc1-c1ccccc1. The lowest BCUT2D eigenvalue weighted by Gasteiger charge is -2.30. The van der Waals surface area contributed by atoms with E-state index in [1.165, 1.54) is 0 Å². The van der Waals surface area contributed by atoms with E-state index >= 15 is 0 Å². The van der Waals surface area contributed by atoms with Gasteiger partial charge in [0.1, 0.15) is 5.82 Å². The van der Waals surface area contributed by atoms with E-state index in [9.17, 15) is 9.59 Å². The second kappa shape index (κ2) is 10.00. The van der Waals surface area contributed by atoms with E-state index in [0.29, 0.717) is 25.5 Å². The lowest BCUT2D eigenvalue weighted by Crippen LogP contribution is -2.41. The Morgan fingerprint density at radius 1 is 0.871 bits per heavy atom. The van der Waals surface area contributed by atoms with Crippen LogP contribution in [-0.2, 0) is 9.59 Å². The average molecular weight is 415 g/mol. The van der Waals surface area contributed by atoms with E-state index in [1.54, 1.807) is 12.3 Å². The molecule has 2 heterocycles. The van der Waals surface area contributed by atoms with Crippen molar-refractivity contribution in [3.8, 4) is 11.1 Å². The zero-order chi connectivity index (χ0) is 21.5. The van der Waals surface area contributed by atoms with Crippen LogP contribution in [0, 0.1) is 5.92 Å². The summed E-state index contributed by atoms with van der Waals surface area (Å²) in [5.41, 5.74) is 2.88. The van der Waals surface area contributed by atoms with E-state index in [4.69, 9.17) is 0 Å². The van der Waals surface area contributed by atoms with Gasteiger partial charge in [0.2, 0.25) is 11.8 Å². The molecule has 1 aliphatic heterocycles. The van der Waals surface area contributed by atoms with Crippen molar-refractivity contribution < 1.29 is 9.59 Å². The molecule has 158 valence electrons. The number of amides is 2. The van der Waals surface area contributed by atoms with Crippen molar-refractivity contribution in [1.82, 2.24) is 9.88 Å². The van der Waals surface area contributed by atoms with E-state index < -0.39 is 0 Å². The molecule has 1 saturated heterocycles. The van der Waals surface area contributed by atoms with Crippen molar-refractivity contribution in [3.63, 3.8) is 0 Å². The number of nitrogens with zero attached hydrogens (tertiary/aromatic N) is 2. The Hall–Kier alpha value is -3.51. The predicted octanol–water partition coefficient (Wildman–Crippen LogP) is 4.04. The van der Waals surface area contributed by atoms with E-state index in [1.807, 2.05) is 66.7 Å². The molecule has 0 spiro atoms. The number of carbonyl (C=O) groups excluding carboxylic acids is 2. The highest BCUT2D eigenvalue weighted by molar-refractivity contribution is 5.96. The Kier molecular flexibility index (Phi) is 6.69. The average Bonchev–Trinajstić information content (AvgIpc) is 2.81. The molecule has 4 rings (SSSR count). The first-order valence-corrected chi connectivity index (χ1v) is 10.6. The first-order chi connectivity index (χ1) is 15.2. The molecule has 3 aromatic rings. The molecular weight excluding hydrogens is 388 g/mol. The Morgan fingerprint density at radius 2 is 1.58 bits per heavy atom. The van der Waals surface area contributed by atoms with Crippen LogP contribution in [0.4, 0.5) is 11.5 Å². The largest absolute Gasteiger partial charge is 0.324 e. The number of nitrogens with one attached hydrogen (secondary N) is 2. The van der Waals surface area contributed by atoms with Crippen LogP contribution >= 0.6 is 0 Å². The second-order valence-corrected chi connectivity index (χ2v) is 7.71. The number of para-hydroxylation sites is 1. The van der Waals surface area contributed by atoms with Crippen LogP contribution in [0.25, 0.3) is 11.1 Å². The minimum atomic E-state index is -0.0554. The highest BCUT2D eigenvalue weighted by Crippen LogP contribution is 2.27. The fraction of sp³-hybridized carbons (Fsp3) is 0.240. The Balaban J connectivity index is 1.29. The minimum absolute atomic E-state index is 0.000380. The second-order valence-electron chi connectivity index (χ2n) is 7.71. The summed E-state index contributed by atoms with van der Waals surface area (Å²) in [6, 6.07) is 23.3. The molecule has 1 fully saturated rings. The number of likely N-dealkylation sites (tertiary alicyclic amines) is 1. The van der Waals surface area contributed by atoms with Crippen LogP contribution < -0.4 is 10.6 Å². The van der Waals surface area contributed by atoms with Gasteiger partial charge in [-0.15, -0.1) is 0 Å². The summed E-state index contributed by atoms with van der Waals surface area (Å²) < 4.78 is 0. The van der Waals surface area contributed by atoms with Crippen LogP contribution in [0.1, 0.15) is 12.8 Å². The maximum absolute atomic E-state index is 12.7. The molecular formula is C25H26N4O2. The molecule has 0 unspecified atom stereocenters. The van der Waals surface area contributed by atoms with Crippen molar-refractivity contribution in [2.24, 2.45) is 5.92 Å². The zero-order valence-corrected chi connectivity index (χ0v) is 17.3. The van der Waals surface area contributed by atoms with Gasteiger partial charge in [0.25, 0.3) is 0 Å². The molecule has 2 N–H and O–H groups in total. The third-order valence-corrected chi connectivity index (χ3v) is 5.53. The molecule has 1 aromatic heterocycles.